The van der Waals surface area contributed by atoms with Crippen LogP contribution in [0, 0.1) is 0 Å². The maximum Gasteiger partial charge on any atom is 0.192 e. The Hall–Kier alpha value is -0.283. The van der Waals surface area contributed by atoms with Gasteiger partial charge in [0.25, 0.3) is 0 Å². The third-order valence-electron chi connectivity index (χ3n) is 4.74. The summed E-state index contributed by atoms with van der Waals surface area (Å²) in [6, 6.07) is 0.651. The van der Waals surface area contributed by atoms with Gasteiger partial charge in [0.05, 0.1) is 12.6 Å². The Morgan fingerprint density at radius 3 is 2.76 bits per heavy atom. The molecule has 2 rings (SSSR count). The average Bonchev–Trinajstić information content (AvgIpc) is 2.74. The van der Waals surface area contributed by atoms with Crippen molar-refractivity contribution < 1.29 is 4.43 Å². The van der Waals surface area contributed by atoms with Crippen molar-refractivity contribution in [2.75, 3.05) is 13.2 Å². The van der Waals surface area contributed by atoms with Gasteiger partial charge in [-0.1, -0.05) is 26.8 Å². The Kier molecular flexibility index (Phi) is 3.43. The van der Waals surface area contributed by atoms with Crippen LogP contribution < -0.4 is 0 Å². The highest BCUT2D eigenvalue weighted by Crippen LogP contribution is 2.38. The van der Waals surface area contributed by atoms with Gasteiger partial charge >= 0.3 is 0 Å². The first-order chi connectivity index (χ1) is 7.81. The number of hydrogen-bond acceptors (Lipinski definition) is 2. The van der Waals surface area contributed by atoms with Crippen LogP contribution in [0.15, 0.2) is 11.8 Å². The maximum atomic E-state index is 6.36. The molecule has 0 amide bonds. The first-order valence-corrected chi connectivity index (χ1v) is 9.82. The third kappa shape index (κ3) is 2.60. The molecule has 98 valence electrons. The molecule has 0 aromatic heterocycles. The van der Waals surface area contributed by atoms with Crippen molar-refractivity contribution in [3.8, 4) is 0 Å². The Bertz CT molecular complexity index is 317. The molecule has 17 heavy (non-hydrogen) atoms. The summed E-state index contributed by atoms with van der Waals surface area (Å²) in [6.07, 6.45) is 6.21. The number of hydrogen-bond donors (Lipinski definition) is 0. The van der Waals surface area contributed by atoms with Crippen molar-refractivity contribution in [3.05, 3.63) is 11.8 Å². The van der Waals surface area contributed by atoms with Crippen molar-refractivity contribution >= 4 is 8.32 Å². The lowest BCUT2D eigenvalue weighted by molar-refractivity contribution is 0.186. The second kappa shape index (κ2) is 4.43. The van der Waals surface area contributed by atoms with E-state index >= 15 is 0 Å². The predicted molar refractivity (Wildman–Crippen MR) is 75.6 cm³/mol. The van der Waals surface area contributed by atoms with Crippen LogP contribution in [0.4, 0.5) is 0 Å². The molecule has 1 saturated heterocycles. The number of rotatable bonds is 3. The van der Waals surface area contributed by atoms with E-state index in [1.54, 1.807) is 5.70 Å². The van der Waals surface area contributed by atoms with E-state index in [-0.39, 0.29) is 0 Å². The minimum Gasteiger partial charge on any atom is -0.415 e. The molecule has 0 unspecified atom stereocenters. The molecule has 0 bridgehead atoms. The summed E-state index contributed by atoms with van der Waals surface area (Å²) in [4.78, 5) is 2.58. The molecule has 0 N–H and O–H groups in total. The molecular weight excluding hydrogens is 226 g/mol. The van der Waals surface area contributed by atoms with Gasteiger partial charge in [0.15, 0.2) is 8.32 Å². The van der Waals surface area contributed by atoms with Gasteiger partial charge in [-0.3, -0.25) is 0 Å². The zero-order valence-corrected chi connectivity index (χ0v) is 13.0. The van der Waals surface area contributed by atoms with Crippen LogP contribution in [-0.2, 0) is 4.43 Å². The molecule has 0 aliphatic carbocycles. The quantitative estimate of drug-likeness (QED) is 0.710. The van der Waals surface area contributed by atoms with Gasteiger partial charge in [-0.15, -0.1) is 0 Å². The van der Waals surface area contributed by atoms with Crippen LogP contribution in [0.3, 0.4) is 0 Å². The molecule has 2 nitrogen and oxygen atoms in total. The van der Waals surface area contributed by atoms with E-state index in [1.807, 2.05) is 0 Å². The highest BCUT2D eigenvalue weighted by molar-refractivity contribution is 6.74. The summed E-state index contributed by atoms with van der Waals surface area (Å²) < 4.78 is 6.36. The van der Waals surface area contributed by atoms with Crippen molar-refractivity contribution in [2.45, 2.75) is 64.2 Å². The van der Waals surface area contributed by atoms with Gasteiger partial charge in [0.2, 0.25) is 0 Å². The minimum absolute atomic E-state index is 0.329. The summed E-state index contributed by atoms with van der Waals surface area (Å²) >= 11 is 0. The van der Waals surface area contributed by atoms with Gasteiger partial charge < -0.3 is 9.33 Å². The topological polar surface area (TPSA) is 12.5 Å². The monoisotopic (exact) mass is 253 g/mol. The lowest BCUT2D eigenvalue weighted by atomic mass is 10.2. The zero-order valence-electron chi connectivity index (χ0n) is 12.0. The van der Waals surface area contributed by atoms with Gasteiger partial charge in [-0.25, -0.2) is 0 Å². The van der Waals surface area contributed by atoms with E-state index in [1.165, 1.54) is 25.8 Å². The summed E-state index contributed by atoms with van der Waals surface area (Å²) in [7, 11) is -1.56. The van der Waals surface area contributed by atoms with E-state index in [4.69, 9.17) is 4.43 Å². The largest absolute Gasteiger partial charge is 0.415 e. The van der Waals surface area contributed by atoms with E-state index in [2.05, 4.69) is 44.8 Å². The summed E-state index contributed by atoms with van der Waals surface area (Å²) in [5.41, 5.74) is 1.58. The molecule has 0 saturated carbocycles. The Morgan fingerprint density at radius 2 is 2.12 bits per heavy atom. The molecule has 1 fully saturated rings. The lowest BCUT2D eigenvalue weighted by Crippen LogP contribution is -2.44. The van der Waals surface area contributed by atoms with Crippen molar-refractivity contribution in [3.63, 3.8) is 0 Å². The standard InChI is InChI=1S/C14H27NOSi/c1-14(2,3)17(4,5)16-11-13-9-8-12-7-6-10-15(12)13/h7,13H,6,8-11H2,1-5H3/t13-/m0/s1. The molecule has 1 atom stereocenters. The smallest absolute Gasteiger partial charge is 0.192 e. The van der Waals surface area contributed by atoms with Crippen LogP contribution in [0.25, 0.3) is 0 Å². The Labute approximate surface area is 107 Å². The van der Waals surface area contributed by atoms with Crippen molar-refractivity contribution in [2.24, 2.45) is 0 Å². The third-order valence-corrected chi connectivity index (χ3v) is 9.24. The fraction of sp³-hybridized carbons (Fsp3) is 0.857. The Balaban J connectivity index is 1.89. The van der Waals surface area contributed by atoms with Crippen LogP contribution >= 0.6 is 0 Å². The van der Waals surface area contributed by atoms with Gasteiger partial charge in [-0.2, -0.15) is 0 Å². The van der Waals surface area contributed by atoms with Crippen LogP contribution in [0.2, 0.25) is 18.1 Å². The second-order valence-electron chi connectivity index (χ2n) is 6.94. The molecule has 2 aliphatic rings. The average molecular weight is 253 g/mol. The fourth-order valence-corrected chi connectivity index (χ4v) is 3.50. The van der Waals surface area contributed by atoms with Crippen LogP contribution in [-0.4, -0.2) is 32.4 Å². The minimum atomic E-state index is -1.56. The number of allylic oxidation sites excluding steroid dienone is 1. The molecule has 2 heterocycles. The van der Waals surface area contributed by atoms with E-state index < -0.39 is 8.32 Å². The molecular formula is C14H27NOSi. The van der Waals surface area contributed by atoms with E-state index in [9.17, 15) is 0 Å². The Morgan fingerprint density at radius 1 is 1.41 bits per heavy atom. The van der Waals surface area contributed by atoms with Crippen molar-refractivity contribution in [1.82, 2.24) is 4.90 Å². The first kappa shape index (κ1) is 13.2. The second-order valence-corrected chi connectivity index (χ2v) is 11.8. The highest BCUT2D eigenvalue weighted by atomic mass is 28.4. The van der Waals surface area contributed by atoms with Gasteiger partial charge in [0.1, 0.15) is 0 Å². The zero-order chi connectivity index (χ0) is 12.7. The molecule has 2 aliphatic heterocycles. The SMILES string of the molecule is CC(C)(C)[Si](C)(C)OC[C@@H]1CCC2=CCCN21. The maximum absolute atomic E-state index is 6.36. The normalized spacial score (nSPS) is 25.1. The highest BCUT2D eigenvalue weighted by Gasteiger charge is 2.39. The van der Waals surface area contributed by atoms with Gasteiger partial charge in [-0.05, 0) is 37.4 Å². The first-order valence-electron chi connectivity index (χ1n) is 6.91. The van der Waals surface area contributed by atoms with Gasteiger partial charge in [0, 0.05) is 12.2 Å². The summed E-state index contributed by atoms with van der Waals surface area (Å²) in [5.74, 6) is 0. The van der Waals surface area contributed by atoms with Crippen molar-refractivity contribution in [1.29, 1.82) is 0 Å². The summed E-state index contributed by atoms with van der Waals surface area (Å²) in [6.45, 7) is 13.8. The molecule has 0 aromatic carbocycles. The number of nitrogens with zero attached hydrogens (tertiary/aromatic N) is 1. The lowest BCUT2D eigenvalue weighted by Gasteiger charge is -2.38. The predicted octanol–water partition coefficient (Wildman–Crippen LogP) is 3.76. The van der Waals surface area contributed by atoms with E-state index in [0.29, 0.717) is 11.1 Å². The summed E-state index contributed by atoms with van der Waals surface area (Å²) in [5, 5.41) is 0.329. The molecule has 0 spiro atoms. The molecule has 0 radical (unpaired) electrons. The van der Waals surface area contributed by atoms with Crippen LogP contribution in [0.5, 0.6) is 0 Å². The molecule has 3 heteroatoms. The molecule has 0 aromatic rings. The number of fused-ring (bicyclic) bond motifs is 1. The van der Waals surface area contributed by atoms with E-state index in [0.717, 1.165) is 6.61 Å². The fourth-order valence-electron chi connectivity index (χ4n) is 2.46. The van der Waals surface area contributed by atoms with Crippen LogP contribution in [0.1, 0.15) is 40.0 Å².